The molecule has 0 saturated carbocycles. The summed E-state index contributed by atoms with van der Waals surface area (Å²) in [6, 6.07) is 5.73. The Labute approximate surface area is 137 Å². The summed E-state index contributed by atoms with van der Waals surface area (Å²) in [6.45, 7) is 1.82. The molecule has 0 amide bonds. The second-order valence-electron chi connectivity index (χ2n) is 5.35. The van der Waals surface area contributed by atoms with Crippen molar-refractivity contribution >= 4 is 11.8 Å². The Morgan fingerprint density at radius 1 is 1.17 bits per heavy atom. The molecule has 116 valence electrons. The average Bonchev–Trinajstić information content (AvgIpc) is 3.17. The van der Waals surface area contributed by atoms with Crippen molar-refractivity contribution in [1.82, 2.24) is 29.8 Å². The molecule has 7 nitrogen and oxygen atoms in total. The highest BCUT2D eigenvalue weighted by Gasteiger charge is 2.22. The molecule has 0 atom stereocenters. The highest BCUT2D eigenvalue weighted by molar-refractivity contribution is 7.99. The SMILES string of the molecule is Cc1nnc(Sc2nc(-c3ccccn3)nc3c2CCC3)n1N. The lowest BCUT2D eigenvalue weighted by Gasteiger charge is -2.09. The summed E-state index contributed by atoms with van der Waals surface area (Å²) in [6.07, 6.45) is 4.80. The first-order valence-corrected chi connectivity index (χ1v) is 8.20. The molecule has 1 aliphatic rings. The van der Waals surface area contributed by atoms with Crippen LogP contribution in [0, 0.1) is 6.92 Å². The fourth-order valence-corrected chi connectivity index (χ4v) is 3.56. The lowest BCUT2D eigenvalue weighted by molar-refractivity contribution is 0.821. The molecule has 4 rings (SSSR count). The van der Waals surface area contributed by atoms with Crippen LogP contribution in [0.5, 0.6) is 0 Å². The number of fused-ring (bicyclic) bond motifs is 1. The third-order valence-electron chi connectivity index (χ3n) is 3.81. The molecule has 3 aromatic heterocycles. The van der Waals surface area contributed by atoms with Gasteiger partial charge in [-0.15, -0.1) is 10.2 Å². The molecule has 0 saturated heterocycles. The van der Waals surface area contributed by atoms with E-state index in [0.29, 0.717) is 16.8 Å². The molecule has 23 heavy (non-hydrogen) atoms. The van der Waals surface area contributed by atoms with E-state index in [1.54, 1.807) is 6.20 Å². The standard InChI is InChI=1S/C15H15N7S/c1-9-20-21-15(22(9)16)23-14-10-5-4-7-11(10)18-13(19-14)12-6-2-3-8-17-12/h2-3,6,8H,4-5,7,16H2,1H3. The molecule has 3 heterocycles. The van der Waals surface area contributed by atoms with Gasteiger partial charge in [0.15, 0.2) is 5.82 Å². The van der Waals surface area contributed by atoms with Crippen molar-refractivity contribution in [1.29, 1.82) is 0 Å². The molecule has 0 bridgehead atoms. The number of nitrogen functional groups attached to an aromatic ring is 1. The predicted octanol–water partition coefficient (Wildman–Crippen LogP) is 1.79. The Bertz CT molecular complexity index is 860. The Hall–Kier alpha value is -2.48. The Morgan fingerprint density at radius 2 is 2.09 bits per heavy atom. The molecule has 0 aromatic carbocycles. The molecule has 0 aliphatic heterocycles. The van der Waals surface area contributed by atoms with Gasteiger partial charge in [0, 0.05) is 17.5 Å². The fourth-order valence-electron chi connectivity index (χ4n) is 2.60. The van der Waals surface area contributed by atoms with Gasteiger partial charge < -0.3 is 5.84 Å². The van der Waals surface area contributed by atoms with Crippen LogP contribution in [0.4, 0.5) is 0 Å². The zero-order valence-corrected chi connectivity index (χ0v) is 13.4. The van der Waals surface area contributed by atoms with E-state index >= 15 is 0 Å². The second kappa shape index (κ2) is 5.62. The van der Waals surface area contributed by atoms with Gasteiger partial charge in [0.25, 0.3) is 0 Å². The number of hydrogen-bond acceptors (Lipinski definition) is 7. The van der Waals surface area contributed by atoms with Crippen LogP contribution in [-0.4, -0.2) is 29.8 Å². The summed E-state index contributed by atoms with van der Waals surface area (Å²) in [5.74, 6) is 7.28. The molecular formula is C15H15N7S. The van der Waals surface area contributed by atoms with E-state index in [9.17, 15) is 0 Å². The number of nitrogens with two attached hydrogens (primary N) is 1. The van der Waals surface area contributed by atoms with Crippen molar-refractivity contribution in [2.24, 2.45) is 0 Å². The van der Waals surface area contributed by atoms with Crippen molar-refractivity contribution in [2.75, 3.05) is 5.84 Å². The van der Waals surface area contributed by atoms with Crippen molar-refractivity contribution in [3.05, 3.63) is 41.5 Å². The van der Waals surface area contributed by atoms with Crippen LogP contribution in [0.25, 0.3) is 11.5 Å². The van der Waals surface area contributed by atoms with Crippen LogP contribution in [0.3, 0.4) is 0 Å². The van der Waals surface area contributed by atoms with Gasteiger partial charge in [-0.25, -0.2) is 14.6 Å². The molecule has 0 radical (unpaired) electrons. The van der Waals surface area contributed by atoms with E-state index in [-0.39, 0.29) is 0 Å². The van der Waals surface area contributed by atoms with Crippen molar-refractivity contribution in [3.8, 4) is 11.5 Å². The maximum absolute atomic E-state index is 5.96. The van der Waals surface area contributed by atoms with E-state index in [0.717, 1.165) is 35.7 Å². The van der Waals surface area contributed by atoms with Gasteiger partial charge in [-0.05, 0) is 50.1 Å². The smallest absolute Gasteiger partial charge is 0.216 e. The van der Waals surface area contributed by atoms with Crippen LogP contribution >= 0.6 is 11.8 Å². The number of pyridine rings is 1. The normalized spacial score (nSPS) is 13.3. The summed E-state index contributed by atoms with van der Waals surface area (Å²) in [5, 5.41) is 9.63. The van der Waals surface area contributed by atoms with Crippen LogP contribution in [0.2, 0.25) is 0 Å². The third kappa shape index (κ3) is 2.55. The van der Waals surface area contributed by atoms with E-state index in [4.69, 9.17) is 15.8 Å². The van der Waals surface area contributed by atoms with Crippen molar-refractivity contribution < 1.29 is 0 Å². The number of nitrogens with zero attached hydrogens (tertiary/aromatic N) is 6. The van der Waals surface area contributed by atoms with E-state index in [1.165, 1.54) is 22.0 Å². The maximum Gasteiger partial charge on any atom is 0.216 e. The lowest BCUT2D eigenvalue weighted by Crippen LogP contribution is -2.11. The minimum atomic E-state index is 0.627. The first-order chi connectivity index (χ1) is 11.2. The minimum absolute atomic E-state index is 0.627. The summed E-state index contributed by atoms with van der Waals surface area (Å²) in [7, 11) is 0. The number of rotatable bonds is 3. The van der Waals surface area contributed by atoms with Crippen molar-refractivity contribution in [2.45, 2.75) is 36.4 Å². The summed E-state index contributed by atoms with van der Waals surface area (Å²) in [5.41, 5.74) is 3.06. The van der Waals surface area contributed by atoms with Crippen LogP contribution in [0.15, 0.2) is 34.6 Å². The Kier molecular flexibility index (Phi) is 3.45. The van der Waals surface area contributed by atoms with E-state index in [1.807, 2.05) is 25.1 Å². The molecular weight excluding hydrogens is 310 g/mol. The van der Waals surface area contributed by atoms with Gasteiger partial charge >= 0.3 is 0 Å². The van der Waals surface area contributed by atoms with Gasteiger partial charge in [0.05, 0.1) is 0 Å². The largest absolute Gasteiger partial charge is 0.336 e. The van der Waals surface area contributed by atoms with Gasteiger partial charge in [0.2, 0.25) is 5.16 Å². The topological polar surface area (TPSA) is 95.4 Å². The molecule has 3 aromatic rings. The second-order valence-corrected chi connectivity index (χ2v) is 6.30. The quantitative estimate of drug-likeness (QED) is 0.579. The van der Waals surface area contributed by atoms with Gasteiger partial charge in [-0.1, -0.05) is 6.07 Å². The number of hydrogen-bond donors (Lipinski definition) is 1. The first kappa shape index (κ1) is 14.1. The average molecular weight is 325 g/mol. The highest BCUT2D eigenvalue weighted by atomic mass is 32.2. The zero-order valence-electron chi connectivity index (χ0n) is 12.6. The zero-order chi connectivity index (χ0) is 15.8. The van der Waals surface area contributed by atoms with Gasteiger partial charge in [-0.2, -0.15) is 0 Å². The third-order valence-corrected chi connectivity index (χ3v) is 4.80. The van der Waals surface area contributed by atoms with Crippen LogP contribution in [0.1, 0.15) is 23.5 Å². The number of aryl methyl sites for hydroxylation is 2. The predicted molar refractivity (Wildman–Crippen MR) is 86.3 cm³/mol. The van der Waals surface area contributed by atoms with Crippen LogP contribution in [-0.2, 0) is 12.8 Å². The highest BCUT2D eigenvalue weighted by Crippen LogP contribution is 2.34. The maximum atomic E-state index is 5.96. The summed E-state index contributed by atoms with van der Waals surface area (Å²) < 4.78 is 1.48. The number of aromatic nitrogens is 6. The molecule has 8 heteroatoms. The fraction of sp³-hybridized carbons (Fsp3) is 0.267. The molecule has 1 aliphatic carbocycles. The summed E-state index contributed by atoms with van der Waals surface area (Å²) in [4.78, 5) is 13.8. The lowest BCUT2D eigenvalue weighted by atomic mass is 10.2. The van der Waals surface area contributed by atoms with Gasteiger partial charge in [-0.3, -0.25) is 4.98 Å². The Morgan fingerprint density at radius 3 is 2.83 bits per heavy atom. The molecule has 0 spiro atoms. The minimum Gasteiger partial charge on any atom is -0.336 e. The van der Waals surface area contributed by atoms with Crippen molar-refractivity contribution in [3.63, 3.8) is 0 Å². The molecule has 2 N–H and O–H groups in total. The molecule has 0 unspecified atom stereocenters. The monoisotopic (exact) mass is 325 g/mol. The Balaban J connectivity index is 1.79. The van der Waals surface area contributed by atoms with E-state index in [2.05, 4.69) is 15.2 Å². The first-order valence-electron chi connectivity index (χ1n) is 7.38. The van der Waals surface area contributed by atoms with E-state index < -0.39 is 0 Å². The summed E-state index contributed by atoms with van der Waals surface area (Å²) >= 11 is 1.43. The van der Waals surface area contributed by atoms with Gasteiger partial charge in [0.1, 0.15) is 16.5 Å². The molecule has 0 fully saturated rings. The van der Waals surface area contributed by atoms with Crippen LogP contribution < -0.4 is 5.84 Å².